The predicted molar refractivity (Wildman–Crippen MR) is 76.2 cm³/mol. The van der Waals surface area contributed by atoms with Gasteiger partial charge < -0.3 is 10.4 Å². The SMILES string of the molecule is CC(CCO)CNC(=O)C1CC1c1cccc(Cl)c1. The minimum atomic E-state index is 0.0831. The summed E-state index contributed by atoms with van der Waals surface area (Å²) in [5.74, 6) is 0.832. The molecule has 0 saturated heterocycles. The Balaban J connectivity index is 1.80. The maximum Gasteiger partial charge on any atom is 0.223 e. The zero-order chi connectivity index (χ0) is 13.8. The number of benzene rings is 1. The molecule has 0 radical (unpaired) electrons. The zero-order valence-electron chi connectivity index (χ0n) is 11.1. The fourth-order valence-electron chi connectivity index (χ4n) is 2.32. The van der Waals surface area contributed by atoms with Crippen molar-refractivity contribution in [1.29, 1.82) is 0 Å². The van der Waals surface area contributed by atoms with E-state index in [2.05, 4.69) is 5.32 Å². The molecule has 0 aromatic heterocycles. The molecule has 0 heterocycles. The first kappa shape index (κ1) is 14.4. The lowest BCUT2D eigenvalue weighted by Gasteiger charge is -2.11. The molecule has 19 heavy (non-hydrogen) atoms. The Morgan fingerprint density at radius 3 is 3.05 bits per heavy atom. The molecule has 0 bridgehead atoms. The fourth-order valence-corrected chi connectivity index (χ4v) is 2.52. The van der Waals surface area contributed by atoms with Crippen molar-refractivity contribution in [2.75, 3.05) is 13.2 Å². The van der Waals surface area contributed by atoms with Crippen LogP contribution in [0, 0.1) is 11.8 Å². The molecule has 3 atom stereocenters. The number of halogens is 1. The fraction of sp³-hybridized carbons (Fsp3) is 0.533. The Morgan fingerprint density at radius 2 is 2.37 bits per heavy atom. The third-order valence-corrected chi connectivity index (χ3v) is 3.89. The van der Waals surface area contributed by atoms with Crippen LogP contribution in [0.4, 0.5) is 0 Å². The van der Waals surface area contributed by atoms with E-state index in [0.717, 1.165) is 23.4 Å². The van der Waals surface area contributed by atoms with Crippen LogP contribution in [0.1, 0.15) is 31.2 Å². The molecule has 3 nitrogen and oxygen atoms in total. The van der Waals surface area contributed by atoms with Gasteiger partial charge >= 0.3 is 0 Å². The standard InChI is InChI=1S/C15H20ClNO2/c1-10(5-6-18)9-17-15(19)14-8-13(14)11-3-2-4-12(16)7-11/h2-4,7,10,13-14,18H,5-6,8-9H2,1H3,(H,17,19). The Kier molecular flexibility index (Phi) is 4.83. The number of aliphatic hydroxyl groups excluding tert-OH is 1. The van der Waals surface area contributed by atoms with E-state index in [1.807, 2.05) is 31.2 Å². The summed E-state index contributed by atoms with van der Waals surface area (Å²) in [6, 6.07) is 7.74. The van der Waals surface area contributed by atoms with Crippen LogP contribution in [0.15, 0.2) is 24.3 Å². The minimum absolute atomic E-state index is 0.0831. The Labute approximate surface area is 119 Å². The monoisotopic (exact) mass is 281 g/mol. The lowest BCUT2D eigenvalue weighted by molar-refractivity contribution is -0.122. The molecule has 1 amide bonds. The van der Waals surface area contributed by atoms with E-state index in [9.17, 15) is 4.79 Å². The molecule has 3 unspecified atom stereocenters. The van der Waals surface area contributed by atoms with Gasteiger partial charge in [0, 0.05) is 24.1 Å². The van der Waals surface area contributed by atoms with Gasteiger partial charge in [0.05, 0.1) is 0 Å². The van der Waals surface area contributed by atoms with Crippen LogP contribution in [0.2, 0.25) is 5.02 Å². The van der Waals surface area contributed by atoms with Crippen LogP contribution in [-0.2, 0) is 4.79 Å². The van der Waals surface area contributed by atoms with Gasteiger partial charge in [0.1, 0.15) is 0 Å². The second-order valence-electron chi connectivity index (χ2n) is 5.37. The second-order valence-corrected chi connectivity index (χ2v) is 5.80. The Morgan fingerprint density at radius 1 is 1.58 bits per heavy atom. The van der Waals surface area contributed by atoms with E-state index >= 15 is 0 Å². The number of carbonyl (C=O) groups excluding carboxylic acids is 1. The van der Waals surface area contributed by atoms with E-state index in [1.54, 1.807) is 0 Å². The average Bonchev–Trinajstić information content (AvgIpc) is 3.16. The molecule has 0 spiro atoms. The molecular formula is C15H20ClNO2. The highest BCUT2D eigenvalue weighted by molar-refractivity contribution is 6.30. The van der Waals surface area contributed by atoms with Crippen molar-refractivity contribution in [3.8, 4) is 0 Å². The molecule has 1 aromatic rings. The van der Waals surface area contributed by atoms with Crippen molar-refractivity contribution < 1.29 is 9.90 Å². The number of hydrogen-bond donors (Lipinski definition) is 2. The molecular weight excluding hydrogens is 262 g/mol. The molecule has 2 rings (SSSR count). The van der Waals surface area contributed by atoms with Crippen LogP contribution >= 0.6 is 11.6 Å². The van der Waals surface area contributed by atoms with Gasteiger partial charge in [-0.05, 0) is 42.4 Å². The third-order valence-electron chi connectivity index (χ3n) is 3.65. The summed E-state index contributed by atoms with van der Waals surface area (Å²) in [7, 11) is 0. The van der Waals surface area contributed by atoms with Gasteiger partial charge in [-0.1, -0.05) is 30.7 Å². The number of rotatable bonds is 6. The third kappa shape index (κ3) is 3.95. The summed E-state index contributed by atoms with van der Waals surface area (Å²) in [6.07, 6.45) is 1.63. The second kappa shape index (κ2) is 6.40. The van der Waals surface area contributed by atoms with Gasteiger partial charge in [-0.15, -0.1) is 0 Å². The number of aliphatic hydroxyl groups is 1. The summed E-state index contributed by atoms with van der Waals surface area (Å²) in [6.45, 7) is 2.83. The van der Waals surface area contributed by atoms with Crippen LogP contribution < -0.4 is 5.32 Å². The van der Waals surface area contributed by atoms with E-state index in [1.165, 1.54) is 0 Å². The highest BCUT2D eigenvalue weighted by atomic mass is 35.5. The smallest absolute Gasteiger partial charge is 0.223 e. The number of carbonyl (C=O) groups is 1. The lowest BCUT2D eigenvalue weighted by Crippen LogP contribution is -2.30. The molecule has 2 N–H and O–H groups in total. The van der Waals surface area contributed by atoms with E-state index < -0.39 is 0 Å². The van der Waals surface area contributed by atoms with Crippen LogP contribution in [0.5, 0.6) is 0 Å². The molecule has 1 saturated carbocycles. The quantitative estimate of drug-likeness (QED) is 0.842. The molecule has 0 aliphatic heterocycles. The van der Waals surface area contributed by atoms with Crippen molar-refractivity contribution in [3.63, 3.8) is 0 Å². The predicted octanol–water partition coefficient (Wildman–Crippen LogP) is 2.58. The molecule has 1 aromatic carbocycles. The van der Waals surface area contributed by atoms with Gasteiger partial charge in [0.15, 0.2) is 0 Å². The topological polar surface area (TPSA) is 49.3 Å². The molecule has 1 aliphatic rings. The highest BCUT2D eigenvalue weighted by Crippen LogP contribution is 2.47. The van der Waals surface area contributed by atoms with Crippen molar-refractivity contribution in [2.45, 2.75) is 25.7 Å². The first-order valence-corrected chi connectivity index (χ1v) is 7.13. The summed E-state index contributed by atoms with van der Waals surface area (Å²) >= 11 is 5.96. The number of nitrogens with one attached hydrogen (secondary N) is 1. The van der Waals surface area contributed by atoms with Crippen molar-refractivity contribution in [2.24, 2.45) is 11.8 Å². The molecule has 1 fully saturated rings. The molecule has 4 heteroatoms. The van der Waals surface area contributed by atoms with Gasteiger partial charge in [0.25, 0.3) is 0 Å². The first-order valence-electron chi connectivity index (χ1n) is 6.76. The van der Waals surface area contributed by atoms with Gasteiger partial charge in [-0.3, -0.25) is 4.79 Å². The van der Waals surface area contributed by atoms with E-state index in [0.29, 0.717) is 18.4 Å². The maximum atomic E-state index is 12.0. The van der Waals surface area contributed by atoms with Crippen molar-refractivity contribution in [1.82, 2.24) is 5.32 Å². The van der Waals surface area contributed by atoms with Gasteiger partial charge in [-0.25, -0.2) is 0 Å². The van der Waals surface area contributed by atoms with Crippen LogP contribution in [-0.4, -0.2) is 24.2 Å². The Bertz CT molecular complexity index is 450. The largest absolute Gasteiger partial charge is 0.396 e. The normalized spacial score (nSPS) is 22.9. The van der Waals surface area contributed by atoms with Crippen molar-refractivity contribution >= 4 is 17.5 Å². The zero-order valence-corrected chi connectivity index (χ0v) is 11.9. The Hall–Kier alpha value is -1.06. The molecule has 104 valence electrons. The summed E-state index contributed by atoms with van der Waals surface area (Å²) in [5, 5.41) is 12.5. The summed E-state index contributed by atoms with van der Waals surface area (Å²) in [4.78, 5) is 12.0. The van der Waals surface area contributed by atoms with Gasteiger partial charge in [-0.2, -0.15) is 0 Å². The lowest BCUT2D eigenvalue weighted by atomic mass is 10.1. The van der Waals surface area contributed by atoms with Crippen molar-refractivity contribution in [3.05, 3.63) is 34.9 Å². The molecule has 1 aliphatic carbocycles. The highest BCUT2D eigenvalue weighted by Gasteiger charge is 2.43. The first-order chi connectivity index (χ1) is 9.11. The van der Waals surface area contributed by atoms with Crippen LogP contribution in [0.3, 0.4) is 0 Å². The minimum Gasteiger partial charge on any atom is -0.396 e. The number of amides is 1. The summed E-state index contributed by atoms with van der Waals surface area (Å²) < 4.78 is 0. The summed E-state index contributed by atoms with van der Waals surface area (Å²) in [5.41, 5.74) is 1.15. The number of hydrogen-bond acceptors (Lipinski definition) is 2. The van der Waals surface area contributed by atoms with Crippen LogP contribution in [0.25, 0.3) is 0 Å². The average molecular weight is 282 g/mol. The maximum absolute atomic E-state index is 12.0. The van der Waals surface area contributed by atoms with Gasteiger partial charge in [0.2, 0.25) is 5.91 Å². The van der Waals surface area contributed by atoms with E-state index in [4.69, 9.17) is 16.7 Å². The van der Waals surface area contributed by atoms with E-state index in [-0.39, 0.29) is 18.4 Å².